The van der Waals surface area contributed by atoms with Gasteiger partial charge in [0.2, 0.25) is 9.05 Å². The fourth-order valence-corrected chi connectivity index (χ4v) is 2.21. The lowest BCUT2D eigenvalue weighted by Crippen LogP contribution is -2.15. The predicted octanol–water partition coefficient (Wildman–Crippen LogP) is 1.66. The molecule has 1 aliphatic rings. The summed E-state index contributed by atoms with van der Waals surface area (Å²) in [5.74, 6) is 0. The van der Waals surface area contributed by atoms with Crippen molar-refractivity contribution < 1.29 is 8.42 Å². The van der Waals surface area contributed by atoms with Gasteiger partial charge in [0.05, 0.1) is 5.25 Å². The highest BCUT2D eigenvalue weighted by Gasteiger charge is 2.20. The second-order valence-corrected chi connectivity index (χ2v) is 5.22. The van der Waals surface area contributed by atoms with Gasteiger partial charge in [-0.05, 0) is 19.3 Å². The van der Waals surface area contributed by atoms with Gasteiger partial charge in [0.15, 0.2) is 0 Å². The lowest BCUT2D eigenvalue weighted by molar-refractivity contribution is 0.591. The van der Waals surface area contributed by atoms with Crippen molar-refractivity contribution in [1.29, 1.82) is 0 Å². The van der Waals surface area contributed by atoms with Gasteiger partial charge in [-0.25, -0.2) is 8.42 Å². The minimum Gasteiger partial charge on any atom is -0.212 e. The first-order chi connectivity index (χ1) is 4.61. The molecule has 0 saturated heterocycles. The van der Waals surface area contributed by atoms with Crippen LogP contribution in [0.4, 0.5) is 0 Å². The molecule has 0 fully saturated rings. The maximum Gasteiger partial charge on any atom is 0.239 e. The second-order valence-electron chi connectivity index (χ2n) is 2.37. The Bertz CT molecular complexity index is 230. The molecule has 0 unspecified atom stereocenters. The van der Waals surface area contributed by atoms with Crippen molar-refractivity contribution in [3.05, 3.63) is 12.2 Å². The summed E-state index contributed by atoms with van der Waals surface area (Å²) in [6.07, 6.45) is 6.11. The number of hydrogen-bond acceptors (Lipinski definition) is 2. The van der Waals surface area contributed by atoms with Gasteiger partial charge in [-0.15, -0.1) is 0 Å². The highest BCUT2D eigenvalue weighted by Crippen LogP contribution is 2.19. The molecular formula is C6H9ClO2S. The average Bonchev–Trinajstić information content (AvgIpc) is 1.88. The Kier molecular flexibility index (Phi) is 2.36. The largest absolute Gasteiger partial charge is 0.239 e. The maximum atomic E-state index is 10.7. The normalized spacial score (nSPS) is 26.7. The summed E-state index contributed by atoms with van der Waals surface area (Å²) in [7, 11) is 1.79. The first kappa shape index (κ1) is 8.08. The molecule has 0 aromatic heterocycles. The van der Waals surface area contributed by atoms with E-state index in [2.05, 4.69) is 0 Å². The quantitative estimate of drug-likeness (QED) is 0.455. The fourth-order valence-electron chi connectivity index (χ4n) is 1.02. The molecule has 0 heterocycles. The van der Waals surface area contributed by atoms with E-state index in [1.807, 2.05) is 6.08 Å². The smallest absolute Gasteiger partial charge is 0.212 e. The molecule has 1 atom stereocenters. The summed E-state index contributed by atoms with van der Waals surface area (Å²) in [5, 5.41) is -0.442. The molecule has 0 amide bonds. The molecule has 1 rings (SSSR count). The van der Waals surface area contributed by atoms with Crippen LogP contribution in [-0.4, -0.2) is 13.7 Å². The van der Waals surface area contributed by atoms with E-state index in [4.69, 9.17) is 10.7 Å². The van der Waals surface area contributed by atoms with E-state index < -0.39 is 14.3 Å². The van der Waals surface area contributed by atoms with Gasteiger partial charge in [0.25, 0.3) is 0 Å². The molecule has 0 N–H and O–H groups in total. The SMILES string of the molecule is O=S(=O)(Cl)[C@@H]1C=CCCC1. The van der Waals surface area contributed by atoms with Crippen LogP contribution in [0, 0.1) is 0 Å². The van der Waals surface area contributed by atoms with Crippen LogP contribution in [0.3, 0.4) is 0 Å². The van der Waals surface area contributed by atoms with Crippen molar-refractivity contribution in [1.82, 2.24) is 0 Å². The van der Waals surface area contributed by atoms with E-state index in [1.165, 1.54) is 0 Å². The van der Waals surface area contributed by atoms with Crippen LogP contribution < -0.4 is 0 Å². The van der Waals surface area contributed by atoms with Gasteiger partial charge in [0.1, 0.15) is 0 Å². The molecule has 0 radical (unpaired) electrons. The molecular weight excluding hydrogens is 172 g/mol. The van der Waals surface area contributed by atoms with Gasteiger partial charge < -0.3 is 0 Å². The van der Waals surface area contributed by atoms with E-state index in [-0.39, 0.29) is 0 Å². The molecule has 0 saturated carbocycles. The monoisotopic (exact) mass is 180 g/mol. The summed E-state index contributed by atoms with van der Waals surface area (Å²) in [6, 6.07) is 0. The minimum absolute atomic E-state index is 0.442. The van der Waals surface area contributed by atoms with Crippen LogP contribution in [0.15, 0.2) is 12.2 Å². The Morgan fingerprint density at radius 1 is 1.50 bits per heavy atom. The standard InChI is InChI=1S/C6H9ClO2S/c7-10(8,9)6-4-2-1-3-5-6/h2,4,6H,1,3,5H2/t6-/m1/s1. The lowest BCUT2D eigenvalue weighted by atomic mass is 10.1. The highest BCUT2D eigenvalue weighted by molar-refractivity contribution is 8.14. The Morgan fingerprint density at radius 2 is 2.20 bits per heavy atom. The van der Waals surface area contributed by atoms with Gasteiger partial charge in [0, 0.05) is 10.7 Å². The van der Waals surface area contributed by atoms with Crippen LogP contribution in [0.2, 0.25) is 0 Å². The molecule has 4 heteroatoms. The molecule has 0 spiro atoms. The van der Waals surface area contributed by atoms with E-state index in [0.29, 0.717) is 6.42 Å². The third-order valence-corrected chi connectivity index (χ3v) is 3.37. The molecule has 2 nitrogen and oxygen atoms in total. The Balaban J connectivity index is 2.74. The summed E-state index contributed by atoms with van der Waals surface area (Å²) in [6.45, 7) is 0. The molecule has 58 valence electrons. The summed E-state index contributed by atoms with van der Waals surface area (Å²) in [4.78, 5) is 0. The lowest BCUT2D eigenvalue weighted by Gasteiger charge is -2.11. The Morgan fingerprint density at radius 3 is 2.50 bits per heavy atom. The molecule has 1 aliphatic carbocycles. The average molecular weight is 181 g/mol. The predicted molar refractivity (Wildman–Crippen MR) is 41.6 cm³/mol. The van der Waals surface area contributed by atoms with Crippen molar-refractivity contribution in [2.75, 3.05) is 0 Å². The van der Waals surface area contributed by atoms with E-state index in [9.17, 15) is 8.42 Å². The van der Waals surface area contributed by atoms with Crippen LogP contribution in [-0.2, 0) is 9.05 Å². The molecule has 0 aliphatic heterocycles. The Labute approximate surface area is 65.3 Å². The molecule has 0 aromatic carbocycles. The Hall–Kier alpha value is -0.0200. The minimum atomic E-state index is -3.34. The number of rotatable bonds is 1. The summed E-state index contributed by atoms with van der Waals surface area (Å²) in [5.41, 5.74) is 0. The van der Waals surface area contributed by atoms with Crippen molar-refractivity contribution in [3.8, 4) is 0 Å². The van der Waals surface area contributed by atoms with Gasteiger partial charge in [-0.2, -0.15) is 0 Å². The summed E-state index contributed by atoms with van der Waals surface area (Å²) < 4.78 is 21.4. The fraction of sp³-hybridized carbons (Fsp3) is 0.667. The van der Waals surface area contributed by atoms with Crippen LogP contribution in [0.1, 0.15) is 19.3 Å². The first-order valence-electron chi connectivity index (χ1n) is 3.21. The second kappa shape index (κ2) is 2.93. The maximum absolute atomic E-state index is 10.7. The van der Waals surface area contributed by atoms with Gasteiger partial charge in [-0.1, -0.05) is 12.2 Å². The van der Waals surface area contributed by atoms with Crippen molar-refractivity contribution in [2.24, 2.45) is 0 Å². The van der Waals surface area contributed by atoms with Crippen molar-refractivity contribution in [2.45, 2.75) is 24.5 Å². The zero-order valence-electron chi connectivity index (χ0n) is 5.46. The van der Waals surface area contributed by atoms with Crippen LogP contribution in [0.25, 0.3) is 0 Å². The number of allylic oxidation sites excluding steroid dienone is 1. The first-order valence-corrected chi connectivity index (χ1v) is 5.58. The topological polar surface area (TPSA) is 34.1 Å². The third-order valence-electron chi connectivity index (χ3n) is 1.57. The number of hydrogen-bond donors (Lipinski definition) is 0. The van der Waals surface area contributed by atoms with Crippen molar-refractivity contribution in [3.63, 3.8) is 0 Å². The van der Waals surface area contributed by atoms with Crippen LogP contribution >= 0.6 is 10.7 Å². The summed E-state index contributed by atoms with van der Waals surface area (Å²) >= 11 is 0. The molecule has 0 aromatic rings. The van der Waals surface area contributed by atoms with E-state index in [1.54, 1.807) is 6.08 Å². The van der Waals surface area contributed by atoms with E-state index in [0.717, 1.165) is 12.8 Å². The van der Waals surface area contributed by atoms with Crippen LogP contribution in [0.5, 0.6) is 0 Å². The zero-order chi connectivity index (χ0) is 7.61. The van der Waals surface area contributed by atoms with Gasteiger partial charge >= 0.3 is 0 Å². The van der Waals surface area contributed by atoms with Gasteiger partial charge in [-0.3, -0.25) is 0 Å². The zero-order valence-corrected chi connectivity index (χ0v) is 7.03. The highest BCUT2D eigenvalue weighted by atomic mass is 35.7. The third kappa shape index (κ3) is 1.99. The van der Waals surface area contributed by atoms with E-state index >= 15 is 0 Å². The van der Waals surface area contributed by atoms with Crippen molar-refractivity contribution >= 4 is 19.7 Å². The number of halogens is 1. The molecule has 0 bridgehead atoms. The molecule has 10 heavy (non-hydrogen) atoms.